The minimum absolute atomic E-state index is 0.0414. The Labute approximate surface area is 145 Å². The monoisotopic (exact) mass is 347 g/mol. The Morgan fingerprint density at radius 3 is 2.87 bits per heavy atom. The molecule has 0 bridgehead atoms. The highest BCUT2D eigenvalue weighted by Gasteiger charge is 2.17. The number of nitriles is 1. The van der Waals surface area contributed by atoms with Crippen molar-refractivity contribution in [2.45, 2.75) is 13.0 Å². The first kappa shape index (κ1) is 17.5. The lowest BCUT2D eigenvalue weighted by Crippen LogP contribution is -2.39. The molecule has 1 amide bonds. The summed E-state index contributed by atoms with van der Waals surface area (Å²) in [5.74, 6) is -0.0414. The van der Waals surface area contributed by atoms with Gasteiger partial charge in [-0.15, -0.1) is 0 Å². The second-order valence-corrected chi connectivity index (χ2v) is 6.45. The maximum absolute atomic E-state index is 12.6. The molecule has 0 atom stereocenters. The molecule has 0 fully saturated rings. The quantitative estimate of drug-likeness (QED) is 0.765. The molecule has 1 aromatic carbocycles. The Kier molecular flexibility index (Phi) is 6.60. The van der Waals surface area contributed by atoms with Crippen LogP contribution in [0.4, 0.5) is 5.69 Å². The lowest BCUT2D eigenvalue weighted by Gasteiger charge is -2.25. The average molecular weight is 348 g/mol. The topological polar surface area (TPSA) is 47.3 Å². The number of halogens is 1. The molecule has 0 radical (unpaired) electrons. The van der Waals surface area contributed by atoms with E-state index in [4.69, 9.17) is 16.9 Å². The van der Waals surface area contributed by atoms with Crippen LogP contribution in [0, 0.1) is 11.3 Å². The minimum atomic E-state index is -0.0414. The summed E-state index contributed by atoms with van der Waals surface area (Å²) in [5, 5.41) is 13.5. The maximum atomic E-state index is 12.6. The summed E-state index contributed by atoms with van der Waals surface area (Å²) in [7, 11) is 1.91. The summed E-state index contributed by atoms with van der Waals surface area (Å²) in [5.41, 5.74) is 1.92. The number of anilines is 1. The molecule has 0 aliphatic carbocycles. The van der Waals surface area contributed by atoms with Crippen molar-refractivity contribution in [1.82, 2.24) is 4.90 Å². The van der Waals surface area contributed by atoms with Crippen molar-refractivity contribution >= 4 is 34.5 Å². The van der Waals surface area contributed by atoms with Gasteiger partial charge in [-0.3, -0.25) is 9.69 Å². The molecule has 0 unspecified atom stereocenters. The lowest BCUT2D eigenvalue weighted by molar-refractivity contribution is -0.119. The van der Waals surface area contributed by atoms with Gasteiger partial charge in [-0.2, -0.15) is 16.6 Å². The van der Waals surface area contributed by atoms with Gasteiger partial charge in [0.25, 0.3) is 0 Å². The van der Waals surface area contributed by atoms with Crippen LogP contribution < -0.4 is 4.90 Å². The molecule has 0 spiro atoms. The van der Waals surface area contributed by atoms with Gasteiger partial charge >= 0.3 is 0 Å². The number of benzene rings is 1. The molecule has 2 rings (SSSR count). The maximum Gasteiger partial charge on any atom is 0.241 e. The Bertz CT molecular complexity index is 681. The summed E-state index contributed by atoms with van der Waals surface area (Å²) in [6.45, 7) is 1.37. The van der Waals surface area contributed by atoms with Crippen LogP contribution in [-0.4, -0.2) is 30.9 Å². The summed E-state index contributed by atoms with van der Waals surface area (Å²) >= 11 is 7.66. The minimum Gasteiger partial charge on any atom is -0.310 e. The fourth-order valence-electron chi connectivity index (χ4n) is 2.27. The SMILES string of the molecule is CN(CC(=O)N(CCC#N)c1cccc(Cl)c1)Cc1ccsc1. The summed E-state index contributed by atoms with van der Waals surface area (Å²) in [6, 6.07) is 11.3. The first-order valence-corrected chi connectivity index (χ1v) is 8.54. The highest BCUT2D eigenvalue weighted by atomic mass is 35.5. The Morgan fingerprint density at radius 2 is 2.22 bits per heavy atom. The Hall–Kier alpha value is -1.87. The first-order chi connectivity index (χ1) is 11.1. The standard InChI is InChI=1S/C17H18ClN3OS/c1-20(11-14-6-9-23-13-14)12-17(22)21(8-3-7-19)16-5-2-4-15(18)10-16/h2,4-6,9-10,13H,3,8,11-12H2,1H3. The molecular formula is C17H18ClN3OS. The molecule has 0 N–H and O–H groups in total. The van der Waals surface area contributed by atoms with Crippen molar-refractivity contribution in [2.24, 2.45) is 0 Å². The molecule has 120 valence electrons. The molecular weight excluding hydrogens is 330 g/mol. The van der Waals surface area contributed by atoms with Gasteiger partial charge in [0.2, 0.25) is 5.91 Å². The number of amides is 1. The molecule has 6 heteroatoms. The van der Waals surface area contributed by atoms with Crippen molar-refractivity contribution in [3.63, 3.8) is 0 Å². The zero-order chi connectivity index (χ0) is 16.7. The highest BCUT2D eigenvalue weighted by molar-refractivity contribution is 7.07. The third-order valence-corrected chi connectivity index (χ3v) is 4.27. The Morgan fingerprint density at radius 1 is 1.39 bits per heavy atom. The van der Waals surface area contributed by atoms with Gasteiger partial charge in [-0.25, -0.2) is 0 Å². The molecule has 2 aromatic rings. The van der Waals surface area contributed by atoms with E-state index in [-0.39, 0.29) is 18.9 Å². The second-order valence-electron chi connectivity index (χ2n) is 5.24. The number of likely N-dealkylation sites (N-methyl/N-ethyl adjacent to an activating group) is 1. The van der Waals surface area contributed by atoms with Crippen LogP contribution in [0.2, 0.25) is 5.02 Å². The predicted octanol–water partition coefficient (Wildman–Crippen LogP) is 3.78. The van der Waals surface area contributed by atoms with E-state index in [9.17, 15) is 4.79 Å². The van der Waals surface area contributed by atoms with Crippen LogP contribution in [0.1, 0.15) is 12.0 Å². The Balaban J connectivity index is 2.05. The van der Waals surface area contributed by atoms with Crippen LogP contribution in [0.3, 0.4) is 0 Å². The first-order valence-electron chi connectivity index (χ1n) is 7.22. The molecule has 1 heterocycles. The molecule has 4 nitrogen and oxygen atoms in total. The van der Waals surface area contributed by atoms with E-state index in [1.807, 2.05) is 23.4 Å². The van der Waals surface area contributed by atoms with Crippen LogP contribution in [0.5, 0.6) is 0 Å². The van der Waals surface area contributed by atoms with Gasteiger partial charge < -0.3 is 4.90 Å². The summed E-state index contributed by atoms with van der Waals surface area (Å²) < 4.78 is 0. The molecule has 1 aromatic heterocycles. The third kappa shape index (κ3) is 5.36. The van der Waals surface area contributed by atoms with Crippen molar-refractivity contribution < 1.29 is 4.79 Å². The van der Waals surface area contributed by atoms with E-state index in [0.717, 1.165) is 12.2 Å². The van der Waals surface area contributed by atoms with E-state index in [2.05, 4.69) is 17.5 Å². The van der Waals surface area contributed by atoms with E-state index in [1.165, 1.54) is 5.56 Å². The van der Waals surface area contributed by atoms with Crippen LogP contribution >= 0.6 is 22.9 Å². The zero-order valence-electron chi connectivity index (χ0n) is 12.9. The van der Waals surface area contributed by atoms with Crippen molar-refractivity contribution in [1.29, 1.82) is 5.26 Å². The van der Waals surface area contributed by atoms with Crippen molar-refractivity contribution in [3.05, 3.63) is 51.7 Å². The summed E-state index contributed by atoms with van der Waals surface area (Å²) in [6.07, 6.45) is 0.284. The van der Waals surface area contributed by atoms with E-state index in [0.29, 0.717) is 11.6 Å². The highest BCUT2D eigenvalue weighted by Crippen LogP contribution is 2.20. The number of thiophene rings is 1. The van der Waals surface area contributed by atoms with Crippen LogP contribution in [0.15, 0.2) is 41.1 Å². The number of carbonyl (C=O) groups excluding carboxylic acids is 1. The molecule has 0 aliphatic heterocycles. The zero-order valence-corrected chi connectivity index (χ0v) is 14.5. The van der Waals surface area contributed by atoms with Crippen molar-refractivity contribution in [3.8, 4) is 6.07 Å². The van der Waals surface area contributed by atoms with Crippen molar-refractivity contribution in [2.75, 3.05) is 25.0 Å². The third-order valence-electron chi connectivity index (χ3n) is 3.31. The molecule has 0 aliphatic rings. The largest absolute Gasteiger partial charge is 0.310 e. The number of rotatable bonds is 7. The van der Waals surface area contributed by atoms with Gasteiger partial charge in [0.05, 0.1) is 19.0 Å². The normalized spacial score (nSPS) is 10.5. The van der Waals surface area contributed by atoms with E-state index < -0.39 is 0 Å². The molecule has 23 heavy (non-hydrogen) atoms. The van der Waals surface area contributed by atoms with Gasteiger partial charge in [0, 0.05) is 23.8 Å². The number of hydrogen-bond donors (Lipinski definition) is 0. The fourth-order valence-corrected chi connectivity index (χ4v) is 3.11. The van der Waals surface area contributed by atoms with Gasteiger partial charge in [-0.05, 0) is 47.6 Å². The molecule has 0 saturated carbocycles. The number of nitrogens with zero attached hydrogens (tertiary/aromatic N) is 3. The van der Waals surface area contributed by atoms with Crippen LogP contribution in [-0.2, 0) is 11.3 Å². The smallest absolute Gasteiger partial charge is 0.241 e. The van der Waals surface area contributed by atoms with Gasteiger partial charge in [0.1, 0.15) is 0 Å². The average Bonchev–Trinajstić information content (AvgIpc) is 3.00. The van der Waals surface area contributed by atoms with E-state index in [1.54, 1.807) is 34.4 Å². The molecule has 0 saturated heterocycles. The van der Waals surface area contributed by atoms with Crippen LogP contribution in [0.25, 0.3) is 0 Å². The van der Waals surface area contributed by atoms with E-state index >= 15 is 0 Å². The summed E-state index contributed by atoms with van der Waals surface area (Å²) in [4.78, 5) is 16.2. The van der Waals surface area contributed by atoms with Gasteiger partial charge in [0.15, 0.2) is 0 Å². The number of carbonyl (C=O) groups is 1. The number of hydrogen-bond acceptors (Lipinski definition) is 4. The predicted molar refractivity (Wildman–Crippen MR) is 94.7 cm³/mol. The van der Waals surface area contributed by atoms with Gasteiger partial charge in [-0.1, -0.05) is 17.7 Å². The lowest BCUT2D eigenvalue weighted by atomic mass is 10.2. The second kappa shape index (κ2) is 8.68. The fraction of sp³-hybridized carbons (Fsp3) is 0.294.